The standard InChI is InChI=1S/C22H25N3O4/c1-2-12-25-20(26)17-13-18(14-6-4-3-5-7-14)23-19(17)24-22(25)29-16-10-8-15(9-11-16)21(27)28/h8-11,14H,2-7,12-13H2,1H3,(H,27,28). The van der Waals surface area contributed by atoms with E-state index in [0.717, 1.165) is 25.0 Å². The number of carbonyl (C=O) groups is 1. The minimum absolute atomic E-state index is 0.0939. The second-order valence-corrected chi connectivity index (χ2v) is 7.70. The highest BCUT2D eigenvalue weighted by molar-refractivity contribution is 5.94. The molecule has 1 N–H and O–H groups in total. The van der Waals surface area contributed by atoms with Crippen molar-refractivity contribution in [1.82, 2.24) is 9.55 Å². The zero-order valence-electron chi connectivity index (χ0n) is 16.6. The molecule has 0 atom stereocenters. The Hall–Kier alpha value is -2.96. The van der Waals surface area contributed by atoms with Gasteiger partial charge in [0.05, 0.1) is 11.1 Å². The molecule has 7 nitrogen and oxygen atoms in total. The molecule has 0 amide bonds. The Kier molecular flexibility index (Phi) is 5.47. The second-order valence-electron chi connectivity index (χ2n) is 7.70. The maximum absolute atomic E-state index is 13.1. The van der Waals surface area contributed by atoms with E-state index in [0.29, 0.717) is 36.0 Å². The van der Waals surface area contributed by atoms with E-state index in [1.165, 1.54) is 31.4 Å². The summed E-state index contributed by atoms with van der Waals surface area (Å²) in [7, 11) is 0. The van der Waals surface area contributed by atoms with Gasteiger partial charge in [0.25, 0.3) is 5.56 Å². The van der Waals surface area contributed by atoms with Crippen LogP contribution in [0.4, 0.5) is 5.82 Å². The molecule has 1 aromatic carbocycles. The average Bonchev–Trinajstić information content (AvgIpc) is 3.16. The third kappa shape index (κ3) is 3.95. The van der Waals surface area contributed by atoms with Gasteiger partial charge in [0, 0.05) is 18.7 Å². The number of ether oxygens (including phenoxy) is 1. The van der Waals surface area contributed by atoms with E-state index in [9.17, 15) is 9.59 Å². The number of aromatic carboxylic acids is 1. The van der Waals surface area contributed by atoms with Crippen molar-refractivity contribution in [2.75, 3.05) is 0 Å². The molecule has 2 aliphatic rings. The molecule has 29 heavy (non-hydrogen) atoms. The summed E-state index contributed by atoms with van der Waals surface area (Å²) < 4.78 is 7.43. The van der Waals surface area contributed by atoms with Crippen molar-refractivity contribution in [3.05, 3.63) is 45.7 Å². The van der Waals surface area contributed by atoms with Gasteiger partial charge < -0.3 is 9.84 Å². The van der Waals surface area contributed by atoms with Crippen LogP contribution in [0.1, 0.15) is 61.4 Å². The molecule has 4 rings (SSSR count). The van der Waals surface area contributed by atoms with Crippen molar-refractivity contribution in [1.29, 1.82) is 0 Å². The van der Waals surface area contributed by atoms with Crippen molar-refractivity contribution in [2.24, 2.45) is 10.9 Å². The first-order chi connectivity index (χ1) is 14.1. The number of benzene rings is 1. The number of aliphatic imine (C=N–C) groups is 1. The lowest BCUT2D eigenvalue weighted by Gasteiger charge is -2.21. The first kappa shape index (κ1) is 19.4. The Bertz CT molecular complexity index is 1000. The molecule has 0 radical (unpaired) electrons. The molecule has 0 unspecified atom stereocenters. The lowest BCUT2D eigenvalue weighted by molar-refractivity contribution is 0.0697. The van der Waals surface area contributed by atoms with E-state index in [1.807, 2.05) is 6.92 Å². The van der Waals surface area contributed by atoms with Gasteiger partial charge in [-0.3, -0.25) is 9.36 Å². The van der Waals surface area contributed by atoms with Crippen LogP contribution in [0.5, 0.6) is 11.8 Å². The normalized spacial score (nSPS) is 16.4. The summed E-state index contributed by atoms with van der Waals surface area (Å²) in [6, 6.07) is 6.26. The van der Waals surface area contributed by atoms with Crippen molar-refractivity contribution in [2.45, 2.75) is 58.4 Å². The number of hydrogen-bond donors (Lipinski definition) is 1. The van der Waals surface area contributed by atoms with Gasteiger partial charge in [-0.15, -0.1) is 0 Å². The summed E-state index contributed by atoms with van der Waals surface area (Å²) in [5, 5.41) is 9.04. The summed E-state index contributed by atoms with van der Waals surface area (Å²) >= 11 is 0. The third-order valence-electron chi connectivity index (χ3n) is 5.65. The van der Waals surface area contributed by atoms with E-state index in [4.69, 9.17) is 14.8 Å². The number of nitrogens with zero attached hydrogens (tertiary/aromatic N) is 3. The molecule has 1 saturated carbocycles. The highest BCUT2D eigenvalue weighted by Crippen LogP contribution is 2.33. The molecule has 0 saturated heterocycles. The van der Waals surface area contributed by atoms with Crippen LogP contribution in [0.25, 0.3) is 0 Å². The Morgan fingerprint density at radius 3 is 2.59 bits per heavy atom. The van der Waals surface area contributed by atoms with Crippen molar-refractivity contribution in [3.63, 3.8) is 0 Å². The Morgan fingerprint density at radius 1 is 1.21 bits per heavy atom. The molecular formula is C22H25N3O4. The van der Waals surface area contributed by atoms with E-state index < -0.39 is 5.97 Å². The molecule has 0 spiro atoms. The fourth-order valence-corrected chi connectivity index (χ4v) is 4.11. The molecule has 1 aromatic heterocycles. The largest absolute Gasteiger partial charge is 0.478 e. The van der Waals surface area contributed by atoms with Crippen LogP contribution in [0.15, 0.2) is 34.1 Å². The van der Waals surface area contributed by atoms with Gasteiger partial charge in [0.2, 0.25) is 0 Å². The predicted octanol–water partition coefficient (Wildman–Crippen LogP) is 4.35. The molecule has 1 fully saturated rings. The van der Waals surface area contributed by atoms with Crippen molar-refractivity contribution >= 4 is 17.5 Å². The maximum Gasteiger partial charge on any atom is 0.335 e. The van der Waals surface area contributed by atoms with E-state index in [-0.39, 0.29) is 17.1 Å². The minimum atomic E-state index is -1.00. The first-order valence-corrected chi connectivity index (χ1v) is 10.3. The Balaban J connectivity index is 1.66. The summed E-state index contributed by atoms with van der Waals surface area (Å²) in [4.78, 5) is 33.4. The van der Waals surface area contributed by atoms with Gasteiger partial charge in [0.1, 0.15) is 5.75 Å². The lowest BCUT2D eigenvalue weighted by atomic mass is 9.84. The first-order valence-electron chi connectivity index (χ1n) is 10.3. The number of carboxylic acid groups (broad SMARTS) is 1. The van der Waals surface area contributed by atoms with Crippen LogP contribution < -0.4 is 10.3 Å². The number of hydrogen-bond acceptors (Lipinski definition) is 5. The fourth-order valence-electron chi connectivity index (χ4n) is 4.11. The van der Waals surface area contributed by atoms with E-state index in [1.54, 1.807) is 16.7 Å². The number of fused-ring (bicyclic) bond motifs is 1. The average molecular weight is 395 g/mol. The monoisotopic (exact) mass is 395 g/mol. The quantitative estimate of drug-likeness (QED) is 0.785. The van der Waals surface area contributed by atoms with Crippen LogP contribution in [0.2, 0.25) is 0 Å². The maximum atomic E-state index is 13.1. The van der Waals surface area contributed by atoms with Crippen LogP contribution >= 0.6 is 0 Å². The van der Waals surface area contributed by atoms with Gasteiger partial charge in [-0.25, -0.2) is 9.79 Å². The molecule has 2 aromatic rings. The minimum Gasteiger partial charge on any atom is -0.478 e. The van der Waals surface area contributed by atoms with Gasteiger partial charge in [-0.05, 0) is 49.4 Å². The van der Waals surface area contributed by atoms with Crippen molar-refractivity contribution in [3.8, 4) is 11.8 Å². The topological polar surface area (TPSA) is 93.8 Å². The summed E-state index contributed by atoms with van der Waals surface area (Å²) in [6.45, 7) is 2.50. The Labute approximate surface area is 169 Å². The number of carboxylic acids is 1. The van der Waals surface area contributed by atoms with Crippen LogP contribution in [0.3, 0.4) is 0 Å². The summed E-state index contributed by atoms with van der Waals surface area (Å²) in [5.41, 5.74) is 1.82. The summed E-state index contributed by atoms with van der Waals surface area (Å²) in [5.74, 6) is 0.353. The lowest BCUT2D eigenvalue weighted by Crippen LogP contribution is -2.27. The number of rotatable bonds is 6. The van der Waals surface area contributed by atoms with Gasteiger partial charge in [-0.2, -0.15) is 4.98 Å². The van der Waals surface area contributed by atoms with E-state index in [2.05, 4.69) is 4.98 Å². The molecule has 1 aliphatic heterocycles. The molecule has 2 heterocycles. The molecule has 7 heteroatoms. The molecular weight excluding hydrogens is 370 g/mol. The van der Waals surface area contributed by atoms with Gasteiger partial charge in [-0.1, -0.05) is 26.2 Å². The zero-order valence-corrected chi connectivity index (χ0v) is 16.6. The highest BCUT2D eigenvalue weighted by atomic mass is 16.5. The fraction of sp³-hybridized carbons (Fsp3) is 0.455. The SMILES string of the molecule is CCCn1c(Oc2ccc(C(=O)O)cc2)nc2c(c1=O)CC(C1CCCCC1)=N2. The van der Waals surface area contributed by atoms with Crippen LogP contribution in [-0.4, -0.2) is 26.3 Å². The van der Waals surface area contributed by atoms with Crippen molar-refractivity contribution < 1.29 is 14.6 Å². The second kappa shape index (κ2) is 8.19. The van der Waals surface area contributed by atoms with Gasteiger partial charge in [0.15, 0.2) is 5.82 Å². The molecule has 0 bridgehead atoms. The van der Waals surface area contributed by atoms with E-state index >= 15 is 0 Å². The highest BCUT2D eigenvalue weighted by Gasteiger charge is 2.29. The van der Waals surface area contributed by atoms with Gasteiger partial charge >= 0.3 is 12.0 Å². The smallest absolute Gasteiger partial charge is 0.335 e. The summed E-state index contributed by atoms with van der Waals surface area (Å²) in [6.07, 6.45) is 7.33. The molecule has 1 aliphatic carbocycles. The van der Waals surface area contributed by atoms with Crippen LogP contribution in [-0.2, 0) is 13.0 Å². The molecule has 152 valence electrons. The number of aromatic nitrogens is 2. The third-order valence-corrected chi connectivity index (χ3v) is 5.65. The zero-order chi connectivity index (χ0) is 20.4. The van der Waals surface area contributed by atoms with Crippen LogP contribution in [0, 0.1) is 5.92 Å². The predicted molar refractivity (Wildman–Crippen MR) is 110 cm³/mol. The Morgan fingerprint density at radius 2 is 1.93 bits per heavy atom.